The van der Waals surface area contributed by atoms with Gasteiger partial charge in [-0.25, -0.2) is 13.2 Å². The SMILES string of the molecule is CCCC1CCC(c2ccc(COc3ccc(-c4ccc(OCC)cc4F)cc3)c(F)c2F)CC1. The van der Waals surface area contributed by atoms with Crippen LogP contribution in [-0.4, -0.2) is 6.61 Å². The first-order chi connectivity index (χ1) is 17.0. The van der Waals surface area contributed by atoms with Gasteiger partial charge in [-0.05, 0) is 79.8 Å². The van der Waals surface area contributed by atoms with Crippen molar-refractivity contribution in [1.29, 1.82) is 0 Å². The molecule has 35 heavy (non-hydrogen) atoms. The summed E-state index contributed by atoms with van der Waals surface area (Å²) in [5, 5.41) is 0. The summed E-state index contributed by atoms with van der Waals surface area (Å²) in [6, 6.07) is 15.0. The van der Waals surface area contributed by atoms with Crippen molar-refractivity contribution in [3.8, 4) is 22.6 Å². The average Bonchev–Trinajstić information content (AvgIpc) is 2.87. The van der Waals surface area contributed by atoms with Crippen LogP contribution in [0.3, 0.4) is 0 Å². The maximum absolute atomic E-state index is 14.9. The Labute approximate surface area is 206 Å². The first-order valence-electron chi connectivity index (χ1n) is 12.6. The Kier molecular flexibility index (Phi) is 8.37. The van der Waals surface area contributed by atoms with E-state index in [-0.39, 0.29) is 23.9 Å². The predicted octanol–water partition coefficient (Wildman–Crippen LogP) is 8.82. The van der Waals surface area contributed by atoms with Gasteiger partial charge in [0.2, 0.25) is 0 Å². The van der Waals surface area contributed by atoms with Crippen LogP contribution in [0, 0.1) is 23.4 Å². The lowest BCUT2D eigenvalue weighted by atomic mass is 9.77. The summed E-state index contributed by atoms with van der Waals surface area (Å²) < 4.78 is 55.2. The first kappa shape index (κ1) is 25.2. The summed E-state index contributed by atoms with van der Waals surface area (Å²) >= 11 is 0. The van der Waals surface area contributed by atoms with Crippen molar-refractivity contribution in [2.45, 2.75) is 64.9 Å². The molecule has 5 heteroatoms. The molecule has 0 bridgehead atoms. The largest absolute Gasteiger partial charge is 0.494 e. The van der Waals surface area contributed by atoms with Crippen LogP contribution in [0.1, 0.15) is 69.4 Å². The van der Waals surface area contributed by atoms with Crippen molar-refractivity contribution in [3.05, 3.63) is 83.2 Å². The maximum atomic E-state index is 14.9. The number of halogens is 3. The van der Waals surface area contributed by atoms with Gasteiger partial charge in [0.05, 0.1) is 6.61 Å². The molecule has 1 fully saturated rings. The second-order valence-electron chi connectivity index (χ2n) is 9.34. The summed E-state index contributed by atoms with van der Waals surface area (Å²) in [4.78, 5) is 0. The fraction of sp³-hybridized carbons (Fsp3) is 0.400. The molecule has 0 atom stereocenters. The molecule has 186 valence electrons. The minimum absolute atomic E-state index is 0.0803. The average molecular weight is 483 g/mol. The van der Waals surface area contributed by atoms with E-state index in [2.05, 4.69) is 6.92 Å². The molecule has 2 nitrogen and oxygen atoms in total. The standard InChI is InChI=1S/C30H33F3O2/c1-3-5-20-6-8-22(9-7-20)27-16-12-23(29(32)30(27)33)19-35-24-13-10-21(11-14-24)26-17-15-25(34-4-2)18-28(26)31/h10-18,20,22H,3-9,19H2,1-2H3. The van der Waals surface area contributed by atoms with Gasteiger partial charge in [0.25, 0.3) is 0 Å². The minimum Gasteiger partial charge on any atom is -0.494 e. The van der Waals surface area contributed by atoms with Gasteiger partial charge in [-0.1, -0.05) is 44.0 Å². The monoisotopic (exact) mass is 482 g/mol. The summed E-state index contributed by atoms with van der Waals surface area (Å²) in [6.45, 7) is 4.43. The Bertz CT molecular complexity index is 1120. The summed E-state index contributed by atoms with van der Waals surface area (Å²) in [5.74, 6) is -0.160. The number of benzene rings is 3. The topological polar surface area (TPSA) is 18.5 Å². The molecular weight excluding hydrogens is 449 g/mol. The molecule has 1 saturated carbocycles. The van der Waals surface area contributed by atoms with E-state index in [9.17, 15) is 13.2 Å². The highest BCUT2D eigenvalue weighted by molar-refractivity contribution is 5.65. The van der Waals surface area contributed by atoms with E-state index >= 15 is 0 Å². The van der Waals surface area contributed by atoms with Crippen LogP contribution in [0.25, 0.3) is 11.1 Å². The zero-order valence-electron chi connectivity index (χ0n) is 20.5. The van der Waals surface area contributed by atoms with E-state index in [0.717, 1.165) is 25.7 Å². The first-order valence-corrected chi connectivity index (χ1v) is 12.6. The molecule has 0 radical (unpaired) electrons. The molecular formula is C30H33F3O2. The number of hydrogen-bond acceptors (Lipinski definition) is 2. The zero-order valence-corrected chi connectivity index (χ0v) is 20.5. The van der Waals surface area contributed by atoms with Crippen molar-refractivity contribution < 1.29 is 22.6 Å². The lowest BCUT2D eigenvalue weighted by Crippen LogP contribution is -2.15. The van der Waals surface area contributed by atoms with E-state index in [0.29, 0.717) is 40.7 Å². The molecule has 4 rings (SSSR count). The summed E-state index contributed by atoms with van der Waals surface area (Å²) in [5.41, 5.74) is 1.82. The van der Waals surface area contributed by atoms with E-state index in [1.165, 1.54) is 18.9 Å². The molecule has 0 aromatic heterocycles. The lowest BCUT2D eigenvalue weighted by molar-refractivity contribution is 0.292. The van der Waals surface area contributed by atoms with Crippen LogP contribution in [0.15, 0.2) is 54.6 Å². The number of hydrogen-bond donors (Lipinski definition) is 0. The van der Waals surface area contributed by atoms with Crippen molar-refractivity contribution in [3.63, 3.8) is 0 Å². The van der Waals surface area contributed by atoms with Crippen molar-refractivity contribution >= 4 is 0 Å². The molecule has 1 aliphatic rings. The molecule has 0 heterocycles. The molecule has 3 aromatic carbocycles. The second kappa shape index (κ2) is 11.7. The third-order valence-corrected chi connectivity index (χ3v) is 6.99. The molecule has 0 N–H and O–H groups in total. The maximum Gasteiger partial charge on any atom is 0.165 e. The second-order valence-corrected chi connectivity index (χ2v) is 9.34. The minimum atomic E-state index is -0.828. The van der Waals surface area contributed by atoms with Gasteiger partial charge in [-0.3, -0.25) is 0 Å². The van der Waals surface area contributed by atoms with Gasteiger partial charge in [-0.2, -0.15) is 0 Å². The van der Waals surface area contributed by atoms with Crippen LogP contribution in [0.5, 0.6) is 11.5 Å². The molecule has 3 aromatic rings. The summed E-state index contributed by atoms with van der Waals surface area (Å²) in [6.07, 6.45) is 6.39. The third-order valence-electron chi connectivity index (χ3n) is 6.99. The van der Waals surface area contributed by atoms with Gasteiger partial charge >= 0.3 is 0 Å². The number of ether oxygens (including phenoxy) is 2. The Morgan fingerprint density at radius 1 is 0.771 bits per heavy atom. The van der Waals surface area contributed by atoms with Gasteiger partial charge < -0.3 is 9.47 Å². The Morgan fingerprint density at radius 3 is 2.14 bits per heavy atom. The fourth-order valence-electron chi connectivity index (χ4n) is 5.08. The molecule has 0 unspecified atom stereocenters. The van der Waals surface area contributed by atoms with E-state index < -0.39 is 11.6 Å². The Balaban J connectivity index is 1.39. The molecule has 1 aliphatic carbocycles. The van der Waals surface area contributed by atoms with Crippen molar-refractivity contribution in [2.24, 2.45) is 5.92 Å². The quantitative estimate of drug-likeness (QED) is 0.303. The van der Waals surface area contributed by atoms with Crippen LogP contribution >= 0.6 is 0 Å². The molecule has 0 saturated heterocycles. The highest BCUT2D eigenvalue weighted by Gasteiger charge is 2.26. The van der Waals surface area contributed by atoms with Gasteiger partial charge in [0.15, 0.2) is 11.6 Å². The van der Waals surface area contributed by atoms with Crippen LogP contribution in [0.4, 0.5) is 13.2 Å². The molecule has 0 aliphatic heterocycles. The zero-order chi connectivity index (χ0) is 24.8. The molecule has 0 spiro atoms. The van der Waals surface area contributed by atoms with E-state index in [1.807, 2.05) is 6.92 Å². The fourth-order valence-corrected chi connectivity index (χ4v) is 5.08. The smallest absolute Gasteiger partial charge is 0.165 e. The van der Waals surface area contributed by atoms with E-state index in [4.69, 9.17) is 9.47 Å². The van der Waals surface area contributed by atoms with Crippen LogP contribution in [-0.2, 0) is 6.61 Å². The highest BCUT2D eigenvalue weighted by atomic mass is 19.2. The van der Waals surface area contributed by atoms with E-state index in [1.54, 1.807) is 48.5 Å². The van der Waals surface area contributed by atoms with Crippen molar-refractivity contribution in [1.82, 2.24) is 0 Å². The molecule has 0 amide bonds. The van der Waals surface area contributed by atoms with Gasteiger partial charge in [-0.15, -0.1) is 0 Å². The highest BCUT2D eigenvalue weighted by Crippen LogP contribution is 2.39. The lowest BCUT2D eigenvalue weighted by Gasteiger charge is -2.29. The predicted molar refractivity (Wildman–Crippen MR) is 133 cm³/mol. The van der Waals surface area contributed by atoms with Crippen molar-refractivity contribution in [2.75, 3.05) is 6.61 Å². The Morgan fingerprint density at radius 2 is 1.49 bits per heavy atom. The third kappa shape index (κ3) is 6.01. The summed E-state index contributed by atoms with van der Waals surface area (Å²) in [7, 11) is 0. The van der Waals surface area contributed by atoms with Gasteiger partial charge in [0.1, 0.15) is 23.9 Å². The normalized spacial score (nSPS) is 17.9. The van der Waals surface area contributed by atoms with Crippen LogP contribution < -0.4 is 9.47 Å². The number of rotatable bonds is 9. The van der Waals surface area contributed by atoms with Crippen LogP contribution in [0.2, 0.25) is 0 Å². The Hall–Kier alpha value is -2.95. The van der Waals surface area contributed by atoms with Gasteiger partial charge in [0, 0.05) is 17.2 Å².